The zero-order valence-corrected chi connectivity index (χ0v) is 30.8. The second-order valence-electron chi connectivity index (χ2n) is 13.8. The number of nitrogens with zero attached hydrogens (tertiary/aromatic N) is 1. The molecule has 0 aliphatic carbocycles. The van der Waals surface area contributed by atoms with Gasteiger partial charge >= 0.3 is 0 Å². The van der Waals surface area contributed by atoms with Crippen LogP contribution in [-0.4, -0.2) is 0 Å². The summed E-state index contributed by atoms with van der Waals surface area (Å²) in [6, 6.07) is 56.8. The molecule has 0 aliphatic heterocycles. The number of rotatable bonds is 8. The molecule has 0 fully saturated rings. The molecule has 0 unspecified atom stereocenters. The Morgan fingerprint density at radius 1 is 0.298 bits per heavy atom. The molecular formula is C56H39N. The van der Waals surface area contributed by atoms with Crippen molar-refractivity contribution in [2.24, 2.45) is 0 Å². The van der Waals surface area contributed by atoms with Crippen LogP contribution in [0.3, 0.4) is 0 Å². The third kappa shape index (κ3) is 6.56. The van der Waals surface area contributed by atoms with E-state index in [0.29, 0.717) is 22.2 Å². The molecule has 0 heterocycles. The van der Waals surface area contributed by atoms with E-state index in [2.05, 4.69) is 0 Å². The molecule has 0 aliphatic rings. The highest BCUT2D eigenvalue weighted by molar-refractivity contribution is 6.05. The fraction of sp³-hybridized carbons (Fsp3) is 0. The van der Waals surface area contributed by atoms with E-state index < -0.39 is 24.2 Å². The van der Waals surface area contributed by atoms with Crippen molar-refractivity contribution in [3.8, 4) is 55.6 Å². The summed E-state index contributed by atoms with van der Waals surface area (Å²) < 4.78 is 77.9. The van der Waals surface area contributed by atoms with Gasteiger partial charge in [-0.05, 0) is 108 Å². The number of benzene rings is 10. The Labute approximate surface area is 345 Å². The summed E-state index contributed by atoms with van der Waals surface area (Å²) in [5.41, 5.74) is 6.53. The molecule has 0 bridgehead atoms. The van der Waals surface area contributed by atoms with E-state index in [1.54, 1.807) is 12.1 Å². The fourth-order valence-electron chi connectivity index (χ4n) is 7.69. The van der Waals surface area contributed by atoms with Crippen LogP contribution in [0.4, 0.5) is 17.1 Å². The SMILES string of the molecule is [2H]c1c([2H])c(N(c2c([2H])c([2H])c(-c3c(-c4ccccc4)ccc4ccccc34)c([2H])c2[2H])c2cccc3ccccc23)c([2H])c([2H])c1-c1ccc(-c2ccccc2)c(-c2ccccc2)c1. The summed E-state index contributed by atoms with van der Waals surface area (Å²) in [4.78, 5) is 1.40. The monoisotopic (exact) mass is 733 g/mol. The molecule has 0 N–H and O–H groups in total. The van der Waals surface area contributed by atoms with Gasteiger partial charge in [-0.15, -0.1) is 0 Å². The first-order valence-corrected chi connectivity index (χ1v) is 19.0. The molecule has 0 aromatic heterocycles. The van der Waals surface area contributed by atoms with Crippen molar-refractivity contribution in [1.29, 1.82) is 0 Å². The Balaban J connectivity index is 1.23. The maximum absolute atomic E-state index is 9.82. The lowest BCUT2D eigenvalue weighted by molar-refractivity contribution is 1.30. The van der Waals surface area contributed by atoms with E-state index in [9.17, 15) is 11.0 Å². The largest absolute Gasteiger partial charge is 0.310 e. The van der Waals surface area contributed by atoms with Crippen molar-refractivity contribution in [3.63, 3.8) is 0 Å². The highest BCUT2D eigenvalue weighted by atomic mass is 15.1. The van der Waals surface area contributed by atoms with Gasteiger partial charge in [0, 0.05) is 16.8 Å². The molecule has 0 spiro atoms. The predicted molar refractivity (Wildman–Crippen MR) is 243 cm³/mol. The molecule has 0 radical (unpaired) electrons. The van der Waals surface area contributed by atoms with Gasteiger partial charge in [-0.2, -0.15) is 0 Å². The normalized spacial score (nSPS) is 13.1. The average Bonchev–Trinajstić information content (AvgIpc) is 3.35. The van der Waals surface area contributed by atoms with Crippen molar-refractivity contribution in [1.82, 2.24) is 0 Å². The van der Waals surface area contributed by atoms with Crippen LogP contribution in [-0.2, 0) is 0 Å². The Morgan fingerprint density at radius 2 is 0.772 bits per heavy atom. The van der Waals surface area contributed by atoms with Gasteiger partial charge in [-0.25, -0.2) is 0 Å². The number of fused-ring (bicyclic) bond motifs is 2. The zero-order chi connectivity index (χ0) is 44.9. The summed E-state index contributed by atoms with van der Waals surface area (Å²) in [7, 11) is 0. The standard InChI is InChI=1S/C56H39N/c1-4-15-41(16-5-1)50-37-32-47(39-54(50)44-19-8-3-9-20-44)40-27-33-48(34-28-40)57(55-26-14-23-42-21-10-12-24-51(42)55)49-35-29-46(30-36-49)56-52-25-13-11-22-45(52)31-38-53(56)43-17-6-2-7-18-43/h1-39H/i27D,28D,29D,30D,33D,34D,35D,36D. The lowest BCUT2D eigenvalue weighted by Crippen LogP contribution is -2.10. The van der Waals surface area contributed by atoms with Crippen LogP contribution in [0.1, 0.15) is 11.0 Å². The first kappa shape index (κ1) is 26.3. The van der Waals surface area contributed by atoms with Crippen LogP contribution in [0.15, 0.2) is 236 Å². The number of anilines is 3. The number of hydrogen-bond acceptors (Lipinski definition) is 1. The Bertz CT molecular complexity index is 3400. The molecule has 10 aromatic rings. The van der Waals surface area contributed by atoms with Gasteiger partial charge in [0.15, 0.2) is 0 Å². The number of hydrogen-bond donors (Lipinski definition) is 0. The van der Waals surface area contributed by atoms with Gasteiger partial charge in [0.05, 0.1) is 16.7 Å². The van der Waals surface area contributed by atoms with Gasteiger partial charge in [0.1, 0.15) is 0 Å². The molecule has 0 atom stereocenters. The second-order valence-corrected chi connectivity index (χ2v) is 13.8. The average molecular weight is 734 g/mol. The van der Waals surface area contributed by atoms with E-state index in [4.69, 9.17) is 0 Å². The third-order valence-electron chi connectivity index (χ3n) is 10.4. The first-order chi connectivity index (χ1) is 31.6. The Kier molecular flexibility index (Phi) is 6.92. The van der Waals surface area contributed by atoms with Gasteiger partial charge < -0.3 is 4.90 Å². The highest BCUT2D eigenvalue weighted by Gasteiger charge is 2.18. The summed E-state index contributed by atoms with van der Waals surface area (Å²) in [5, 5.41) is 3.08. The summed E-state index contributed by atoms with van der Waals surface area (Å²) >= 11 is 0. The first-order valence-electron chi connectivity index (χ1n) is 23.0. The minimum absolute atomic E-state index is 0.0951. The fourth-order valence-corrected chi connectivity index (χ4v) is 7.69. The van der Waals surface area contributed by atoms with Crippen molar-refractivity contribution in [2.45, 2.75) is 0 Å². The van der Waals surface area contributed by atoms with Gasteiger partial charge in [-0.1, -0.05) is 200 Å². The highest BCUT2D eigenvalue weighted by Crippen LogP contribution is 2.43. The van der Waals surface area contributed by atoms with Crippen molar-refractivity contribution >= 4 is 38.6 Å². The second kappa shape index (κ2) is 15.0. The van der Waals surface area contributed by atoms with E-state index in [-0.39, 0.29) is 46.7 Å². The van der Waals surface area contributed by atoms with Crippen molar-refractivity contribution < 1.29 is 11.0 Å². The van der Waals surface area contributed by atoms with Crippen LogP contribution in [0.5, 0.6) is 0 Å². The third-order valence-corrected chi connectivity index (χ3v) is 10.4. The maximum atomic E-state index is 9.82. The van der Waals surface area contributed by atoms with E-state index in [1.807, 2.05) is 176 Å². The molecular weight excluding hydrogens is 687 g/mol. The molecule has 57 heavy (non-hydrogen) atoms. The van der Waals surface area contributed by atoms with Crippen LogP contribution in [0, 0.1) is 0 Å². The smallest absolute Gasteiger partial charge is 0.0645 e. The Hall–Kier alpha value is -7.48. The minimum atomic E-state index is -0.399. The van der Waals surface area contributed by atoms with Gasteiger partial charge in [0.2, 0.25) is 0 Å². The summed E-state index contributed by atoms with van der Waals surface area (Å²) in [6.45, 7) is 0. The zero-order valence-electron chi connectivity index (χ0n) is 38.8. The summed E-state index contributed by atoms with van der Waals surface area (Å²) in [6.07, 6.45) is 0. The maximum Gasteiger partial charge on any atom is 0.0645 e. The Morgan fingerprint density at radius 3 is 1.40 bits per heavy atom. The van der Waals surface area contributed by atoms with Crippen LogP contribution in [0.25, 0.3) is 77.2 Å². The molecule has 1 nitrogen and oxygen atoms in total. The molecule has 10 rings (SSSR count). The van der Waals surface area contributed by atoms with Crippen molar-refractivity contribution in [3.05, 3.63) is 236 Å². The van der Waals surface area contributed by atoms with Crippen LogP contribution in [0.2, 0.25) is 0 Å². The van der Waals surface area contributed by atoms with Crippen molar-refractivity contribution in [2.75, 3.05) is 4.90 Å². The molecule has 10 aromatic carbocycles. The quantitative estimate of drug-likeness (QED) is 0.150. The molecule has 0 amide bonds. The van der Waals surface area contributed by atoms with Gasteiger partial charge in [0.25, 0.3) is 0 Å². The molecule has 0 saturated carbocycles. The topological polar surface area (TPSA) is 3.24 Å². The predicted octanol–water partition coefficient (Wildman–Crippen LogP) is 15.8. The van der Waals surface area contributed by atoms with Gasteiger partial charge in [-0.3, -0.25) is 0 Å². The lowest BCUT2D eigenvalue weighted by Gasteiger charge is -2.27. The lowest BCUT2D eigenvalue weighted by atomic mass is 9.89. The van der Waals surface area contributed by atoms with E-state index in [0.717, 1.165) is 49.5 Å². The molecule has 1 heteroatoms. The summed E-state index contributed by atoms with van der Waals surface area (Å²) in [5.74, 6) is 0. The minimum Gasteiger partial charge on any atom is -0.310 e. The van der Waals surface area contributed by atoms with Crippen LogP contribution < -0.4 is 4.90 Å². The van der Waals surface area contributed by atoms with E-state index >= 15 is 0 Å². The van der Waals surface area contributed by atoms with E-state index in [1.165, 1.54) is 4.90 Å². The van der Waals surface area contributed by atoms with Crippen LogP contribution >= 0.6 is 0 Å². The molecule has 268 valence electrons. The molecule has 0 saturated heterocycles.